The van der Waals surface area contributed by atoms with Gasteiger partial charge in [-0.1, -0.05) is 30.3 Å². The topological polar surface area (TPSA) is 98.9 Å². The van der Waals surface area contributed by atoms with Crippen molar-refractivity contribution in [3.63, 3.8) is 0 Å². The number of ether oxygens (including phenoxy) is 2. The van der Waals surface area contributed by atoms with Crippen molar-refractivity contribution in [2.24, 2.45) is 5.41 Å². The molecule has 3 aliphatic rings. The predicted molar refractivity (Wildman–Crippen MR) is 103 cm³/mol. The van der Waals surface area contributed by atoms with E-state index in [9.17, 15) is 20.0 Å². The van der Waals surface area contributed by atoms with Gasteiger partial charge in [-0.2, -0.15) is 0 Å². The van der Waals surface area contributed by atoms with Gasteiger partial charge in [-0.3, -0.25) is 14.9 Å². The van der Waals surface area contributed by atoms with Crippen molar-refractivity contribution in [1.82, 2.24) is 0 Å². The van der Waals surface area contributed by atoms with Crippen molar-refractivity contribution in [2.45, 2.75) is 44.1 Å². The van der Waals surface area contributed by atoms with Gasteiger partial charge in [0, 0.05) is 40.4 Å². The Hall–Kier alpha value is -3.09. The number of aromatic hydroxyl groups is 1. The van der Waals surface area contributed by atoms with Gasteiger partial charge in [0.15, 0.2) is 11.5 Å². The predicted octanol–water partition coefficient (Wildman–Crippen LogP) is 3.58. The van der Waals surface area contributed by atoms with E-state index in [2.05, 4.69) is 0 Å². The van der Waals surface area contributed by atoms with Crippen molar-refractivity contribution >= 4 is 5.78 Å². The number of hydrogen-bond acceptors (Lipinski definition) is 6. The molecule has 7 nitrogen and oxygen atoms in total. The van der Waals surface area contributed by atoms with Gasteiger partial charge in [-0.15, -0.1) is 0 Å². The minimum atomic E-state index is -1.01. The Labute approximate surface area is 167 Å². The molecule has 29 heavy (non-hydrogen) atoms. The number of rotatable bonds is 2. The highest BCUT2D eigenvalue weighted by Gasteiger charge is 2.58. The van der Waals surface area contributed by atoms with Gasteiger partial charge in [0.2, 0.25) is 12.8 Å². The molecule has 0 radical (unpaired) electrons. The van der Waals surface area contributed by atoms with E-state index < -0.39 is 17.4 Å². The maximum Gasteiger partial charge on any atom is 0.231 e. The second kappa shape index (κ2) is 6.47. The molecule has 1 aliphatic heterocycles. The number of phenols is 1. The van der Waals surface area contributed by atoms with E-state index in [0.717, 1.165) is 11.1 Å². The molecule has 0 saturated heterocycles. The number of carbonyl (C=O) groups excluding carboxylic acids is 1. The highest BCUT2D eigenvalue weighted by atomic mass is 16.7. The molecule has 2 aromatic rings. The Morgan fingerprint density at radius 1 is 1.17 bits per heavy atom. The van der Waals surface area contributed by atoms with E-state index in [1.165, 1.54) is 6.07 Å². The summed E-state index contributed by atoms with van der Waals surface area (Å²) in [5.74, 6) is 0.354. The summed E-state index contributed by atoms with van der Waals surface area (Å²) in [6.45, 7) is 0.0474. The number of benzene rings is 2. The number of phenolic OH excluding ortho intramolecular Hbond substituents is 1. The van der Waals surface area contributed by atoms with E-state index in [1.54, 1.807) is 0 Å². The lowest BCUT2D eigenvalue weighted by Gasteiger charge is -2.45. The lowest BCUT2D eigenvalue weighted by molar-refractivity contribution is -0.547. The van der Waals surface area contributed by atoms with Gasteiger partial charge in [0.05, 0.1) is 5.92 Å². The van der Waals surface area contributed by atoms with Crippen LogP contribution < -0.4 is 9.47 Å². The Morgan fingerprint density at radius 3 is 2.69 bits per heavy atom. The minimum absolute atomic E-state index is 0.0260. The van der Waals surface area contributed by atoms with E-state index in [4.69, 9.17) is 9.47 Å². The van der Waals surface area contributed by atoms with Crippen molar-refractivity contribution in [3.8, 4) is 17.2 Å². The highest BCUT2D eigenvalue weighted by Crippen LogP contribution is 2.58. The number of hydrogen-bond donors (Lipinski definition) is 1. The van der Waals surface area contributed by atoms with Crippen LogP contribution in [0.15, 0.2) is 36.4 Å². The summed E-state index contributed by atoms with van der Waals surface area (Å²) in [4.78, 5) is 24.6. The fourth-order valence-electron chi connectivity index (χ4n) is 5.57. The fourth-order valence-corrected chi connectivity index (χ4v) is 5.57. The summed E-state index contributed by atoms with van der Waals surface area (Å²) >= 11 is 0. The average Bonchev–Trinajstić information content (AvgIpc) is 3.16. The molecule has 0 amide bonds. The van der Waals surface area contributed by atoms with Crippen molar-refractivity contribution in [3.05, 3.63) is 63.2 Å². The summed E-state index contributed by atoms with van der Waals surface area (Å²) in [7, 11) is 0. The Balaban J connectivity index is 1.80. The Bertz CT molecular complexity index is 1000. The molecule has 0 aromatic heterocycles. The quantitative estimate of drug-likeness (QED) is 0.616. The van der Waals surface area contributed by atoms with Crippen LogP contribution in [0.1, 0.15) is 48.3 Å². The normalized spacial score (nSPS) is 27.7. The molecule has 7 heteroatoms. The van der Waals surface area contributed by atoms with E-state index in [-0.39, 0.29) is 29.7 Å². The first-order valence-corrected chi connectivity index (χ1v) is 9.85. The molecule has 5 rings (SSSR count). The van der Waals surface area contributed by atoms with E-state index in [1.807, 2.05) is 30.3 Å². The second-order valence-electron chi connectivity index (χ2n) is 8.25. The number of nitro groups is 1. The van der Waals surface area contributed by atoms with Gasteiger partial charge >= 0.3 is 0 Å². The molecule has 3 atom stereocenters. The standard InChI is InChI=1S/C22H21NO6/c24-14-7-4-8-22(10-14)11-15-19(16(25)9-17-20(15)29-12-28-17)18(21(22)23(26)27)13-5-2-1-3-6-13/h1-3,5-6,9,18,21,25H,4,7-8,10-12H2/t18-,21+,22-/m1/s1. The number of carbonyl (C=O) groups is 1. The summed E-state index contributed by atoms with van der Waals surface area (Å²) in [5.41, 5.74) is 1.20. The average molecular weight is 395 g/mol. The third-order valence-electron chi connectivity index (χ3n) is 6.63. The van der Waals surface area contributed by atoms with Crippen LogP contribution in [-0.2, 0) is 11.2 Å². The molecular weight excluding hydrogens is 374 g/mol. The number of ketones is 1. The lowest BCUT2D eigenvalue weighted by atomic mass is 9.56. The van der Waals surface area contributed by atoms with Crippen LogP contribution in [-0.4, -0.2) is 28.6 Å². The first kappa shape index (κ1) is 18.0. The zero-order chi connectivity index (χ0) is 20.2. The third-order valence-corrected chi connectivity index (χ3v) is 6.63. The molecule has 150 valence electrons. The highest BCUT2D eigenvalue weighted by molar-refractivity contribution is 5.80. The van der Waals surface area contributed by atoms with Crippen molar-refractivity contribution < 1.29 is 24.3 Å². The minimum Gasteiger partial charge on any atom is -0.507 e. The van der Waals surface area contributed by atoms with Crippen LogP contribution in [0, 0.1) is 15.5 Å². The van der Waals surface area contributed by atoms with E-state index in [0.29, 0.717) is 42.7 Å². The van der Waals surface area contributed by atoms with Gasteiger partial charge in [-0.25, -0.2) is 0 Å². The van der Waals surface area contributed by atoms with Crippen LogP contribution in [0.5, 0.6) is 17.2 Å². The SMILES string of the molecule is O=C1CCC[C@@]2(C1)Cc1c3c(cc(O)c1[C@@H](c1ccccc1)[C@@H]2[N+](=O)[O-])OCO3. The fraction of sp³-hybridized carbons (Fsp3) is 0.409. The largest absolute Gasteiger partial charge is 0.507 e. The maximum atomic E-state index is 12.4. The van der Waals surface area contributed by atoms with Crippen LogP contribution >= 0.6 is 0 Å². The summed E-state index contributed by atoms with van der Waals surface area (Å²) in [5, 5.41) is 23.3. The molecular formula is C22H21NO6. The molecule has 2 aliphatic carbocycles. The van der Waals surface area contributed by atoms with Crippen molar-refractivity contribution in [1.29, 1.82) is 0 Å². The van der Waals surface area contributed by atoms with Gasteiger partial charge in [0.25, 0.3) is 0 Å². The van der Waals surface area contributed by atoms with Crippen molar-refractivity contribution in [2.75, 3.05) is 6.79 Å². The van der Waals surface area contributed by atoms with Crippen LogP contribution in [0.25, 0.3) is 0 Å². The molecule has 1 saturated carbocycles. The van der Waals surface area contributed by atoms with Gasteiger partial charge in [-0.05, 0) is 24.8 Å². The lowest BCUT2D eigenvalue weighted by Crippen LogP contribution is -2.52. The second-order valence-corrected chi connectivity index (χ2v) is 8.25. The smallest absolute Gasteiger partial charge is 0.231 e. The molecule has 0 bridgehead atoms. The molecule has 1 spiro atoms. The van der Waals surface area contributed by atoms with Gasteiger partial charge in [0.1, 0.15) is 11.5 Å². The number of nitrogens with zero attached hydrogens (tertiary/aromatic N) is 1. The summed E-state index contributed by atoms with van der Waals surface area (Å²) in [6, 6.07) is 9.70. The third kappa shape index (κ3) is 2.68. The first-order valence-electron chi connectivity index (χ1n) is 9.85. The molecule has 1 fully saturated rings. The zero-order valence-corrected chi connectivity index (χ0v) is 15.8. The maximum absolute atomic E-state index is 12.4. The van der Waals surface area contributed by atoms with Crippen LogP contribution in [0.4, 0.5) is 0 Å². The summed E-state index contributed by atoms with van der Waals surface area (Å²) in [6.07, 6.45) is 2.19. The Morgan fingerprint density at radius 2 is 1.97 bits per heavy atom. The van der Waals surface area contributed by atoms with Crippen LogP contribution in [0.3, 0.4) is 0 Å². The van der Waals surface area contributed by atoms with Crippen LogP contribution in [0.2, 0.25) is 0 Å². The first-order chi connectivity index (χ1) is 14.0. The molecule has 2 aromatic carbocycles. The van der Waals surface area contributed by atoms with Gasteiger partial charge < -0.3 is 14.6 Å². The molecule has 0 unspecified atom stereocenters. The number of Topliss-reactive ketones (excluding diaryl/α,β-unsaturated/α-hetero) is 1. The van der Waals surface area contributed by atoms with E-state index >= 15 is 0 Å². The summed E-state index contributed by atoms with van der Waals surface area (Å²) < 4.78 is 11.2. The monoisotopic (exact) mass is 395 g/mol. The molecule has 1 heterocycles. The zero-order valence-electron chi connectivity index (χ0n) is 15.8. The molecule has 1 N–H and O–H groups in total. The number of fused-ring (bicyclic) bond motifs is 3. The Kier molecular flexibility index (Phi) is 4.01.